The molecule has 0 aliphatic carbocycles. The number of carbonyl (C=O) groups is 1. The lowest BCUT2D eigenvalue weighted by Gasteiger charge is -2.00. The Morgan fingerprint density at radius 2 is 2.00 bits per heavy atom. The standard InChI is InChI=1S/C13H11BrOS/c1-9-2-4-10(5-3-9)6-12(15)11-7-13(14)16-8-11/h2-5,7-8H,6H2,1H3. The van der Waals surface area contributed by atoms with Crippen LogP contribution >= 0.6 is 27.3 Å². The molecule has 0 spiro atoms. The molecular formula is C13H11BrOS. The molecule has 0 saturated heterocycles. The molecule has 1 aromatic heterocycles. The van der Waals surface area contributed by atoms with E-state index in [-0.39, 0.29) is 5.78 Å². The van der Waals surface area contributed by atoms with Gasteiger partial charge in [-0.3, -0.25) is 4.79 Å². The van der Waals surface area contributed by atoms with Gasteiger partial charge < -0.3 is 0 Å². The van der Waals surface area contributed by atoms with Gasteiger partial charge in [-0.15, -0.1) is 11.3 Å². The smallest absolute Gasteiger partial charge is 0.168 e. The zero-order chi connectivity index (χ0) is 11.5. The molecule has 1 heterocycles. The van der Waals surface area contributed by atoms with Gasteiger partial charge in [0.05, 0.1) is 3.79 Å². The second-order valence-electron chi connectivity index (χ2n) is 3.73. The SMILES string of the molecule is Cc1ccc(CC(=O)c2csc(Br)c2)cc1. The van der Waals surface area contributed by atoms with Crippen molar-refractivity contribution in [2.45, 2.75) is 13.3 Å². The van der Waals surface area contributed by atoms with Crippen molar-refractivity contribution in [3.05, 3.63) is 56.2 Å². The third-order valence-electron chi connectivity index (χ3n) is 2.37. The van der Waals surface area contributed by atoms with Gasteiger partial charge in [-0.05, 0) is 34.5 Å². The molecule has 1 nitrogen and oxygen atoms in total. The minimum atomic E-state index is 0.172. The van der Waals surface area contributed by atoms with Crippen LogP contribution in [-0.2, 0) is 6.42 Å². The number of thiophene rings is 1. The van der Waals surface area contributed by atoms with Gasteiger partial charge in [0.25, 0.3) is 0 Å². The van der Waals surface area contributed by atoms with Crippen LogP contribution in [0.3, 0.4) is 0 Å². The first-order chi connectivity index (χ1) is 7.65. The van der Waals surface area contributed by atoms with Gasteiger partial charge in [-0.1, -0.05) is 29.8 Å². The van der Waals surface area contributed by atoms with E-state index in [1.54, 1.807) is 11.3 Å². The lowest BCUT2D eigenvalue weighted by molar-refractivity contribution is 0.0993. The van der Waals surface area contributed by atoms with Gasteiger partial charge in [0.2, 0.25) is 0 Å². The lowest BCUT2D eigenvalue weighted by Crippen LogP contribution is -2.01. The average molecular weight is 295 g/mol. The van der Waals surface area contributed by atoms with Crippen LogP contribution in [0.25, 0.3) is 0 Å². The van der Waals surface area contributed by atoms with Crippen LogP contribution in [0.15, 0.2) is 39.5 Å². The van der Waals surface area contributed by atoms with Crippen molar-refractivity contribution in [2.24, 2.45) is 0 Å². The van der Waals surface area contributed by atoms with E-state index in [2.05, 4.69) is 15.9 Å². The zero-order valence-corrected chi connectivity index (χ0v) is 11.3. The number of ketones is 1. The molecule has 0 atom stereocenters. The van der Waals surface area contributed by atoms with E-state index in [9.17, 15) is 4.79 Å². The fourth-order valence-corrected chi connectivity index (χ4v) is 2.61. The number of hydrogen-bond acceptors (Lipinski definition) is 2. The van der Waals surface area contributed by atoms with Crippen LogP contribution in [0.1, 0.15) is 21.5 Å². The normalized spacial score (nSPS) is 10.4. The Bertz CT molecular complexity index is 499. The number of Topliss-reactive ketones (excluding diaryl/α,β-unsaturated/α-hetero) is 1. The number of hydrogen-bond donors (Lipinski definition) is 0. The van der Waals surface area contributed by atoms with E-state index in [1.165, 1.54) is 5.56 Å². The third kappa shape index (κ3) is 2.80. The molecule has 16 heavy (non-hydrogen) atoms. The molecule has 1 aromatic carbocycles. The monoisotopic (exact) mass is 294 g/mol. The summed E-state index contributed by atoms with van der Waals surface area (Å²) in [4.78, 5) is 11.9. The fraction of sp³-hybridized carbons (Fsp3) is 0.154. The molecule has 0 bridgehead atoms. The summed E-state index contributed by atoms with van der Waals surface area (Å²) in [5.74, 6) is 0.172. The number of aryl methyl sites for hydroxylation is 1. The van der Waals surface area contributed by atoms with Gasteiger partial charge in [0.1, 0.15) is 0 Å². The summed E-state index contributed by atoms with van der Waals surface area (Å²) in [6, 6.07) is 9.96. The van der Waals surface area contributed by atoms with Gasteiger partial charge >= 0.3 is 0 Å². The van der Waals surface area contributed by atoms with Gasteiger partial charge in [0, 0.05) is 17.4 Å². The largest absolute Gasteiger partial charge is 0.294 e. The Morgan fingerprint density at radius 3 is 2.56 bits per heavy atom. The number of carbonyl (C=O) groups excluding carboxylic acids is 1. The molecule has 3 heteroatoms. The predicted octanol–water partition coefficient (Wildman–Crippen LogP) is 4.24. The third-order valence-corrected chi connectivity index (χ3v) is 3.88. The summed E-state index contributed by atoms with van der Waals surface area (Å²) in [7, 11) is 0. The first kappa shape index (κ1) is 11.6. The molecule has 0 N–H and O–H groups in total. The highest BCUT2D eigenvalue weighted by atomic mass is 79.9. The summed E-state index contributed by atoms with van der Waals surface area (Å²) in [5.41, 5.74) is 3.07. The molecule has 2 aromatic rings. The van der Waals surface area contributed by atoms with Crippen molar-refractivity contribution >= 4 is 33.0 Å². The summed E-state index contributed by atoms with van der Waals surface area (Å²) in [6.45, 7) is 2.04. The van der Waals surface area contributed by atoms with Crippen LogP contribution in [0.2, 0.25) is 0 Å². The van der Waals surface area contributed by atoms with Crippen molar-refractivity contribution < 1.29 is 4.79 Å². The van der Waals surface area contributed by atoms with E-state index < -0.39 is 0 Å². The Balaban J connectivity index is 2.10. The summed E-state index contributed by atoms with van der Waals surface area (Å²) in [6.07, 6.45) is 0.476. The molecule has 0 fully saturated rings. The summed E-state index contributed by atoms with van der Waals surface area (Å²) >= 11 is 4.90. The minimum Gasteiger partial charge on any atom is -0.294 e. The first-order valence-electron chi connectivity index (χ1n) is 4.98. The van der Waals surface area contributed by atoms with Gasteiger partial charge in [-0.25, -0.2) is 0 Å². The minimum absolute atomic E-state index is 0.172. The second kappa shape index (κ2) is 4.93. The van der Waals surface area contributed by atoms with Crippen molar-refractivity contribution in [3.63, 3.8) is 0 Å². The van der Waals surface area contributed by atoms with E-state index >= 15 is 0 Å². The molecule has 0 aliphatic rings. The van der Waals surface area contributed by atoms with Crippen LogP contribution in [0.5, 0.6) is 0 Å². The lowest BCUT2D eigenvalue weighted by atomic mass is 10.0. The van der Waals surface area contributed by atoms with E-state index in [1.807, 2.05) is 42.6 Å². The number of halogens is 1. The van der Waals surface area contributed by atoms with Crippen LogP contribution < -0.4 is 0 Å². The van der Waals surface area contributed by atoms with Crippen LogP contribution in [-0.4, -0.2) is 5.78 Å². The zero-order valence-electron chi connectivity index (χ0n) is 8.87. The van der Waals surface area contributed by atoms with Crippen molar-refractivity contribution in [3.8, 4) is 0 Å². The quantitative estimate of drug-likeness (QED) is 0.774. The molecule has 0 aliphatic heterocycles. The van der Waals surface area contributed by atoms with E-state index in [0.717, 1.165) is 14.9 Å². The molecule has 0 unspecified atom stereocenters. The summed E-state index contributed by atoms with van der Waals surface area (Å²) < 4.78 is 1.000. The van der Waals surface area contributed by atoms with E-state index in [4.69, 9.17) is 0 Å². The highest BCUT2D eigenvalue weighted by molar-refractivity contribution is 9.11. The van der Waals surface area contributed by atoms with Crippen LogP contribution in [0.4, 0.5) is 0 Å². The highest BCUT2D eigenvalue weighted by Gasteiger charge is 2.08. The Hall–Kier alpha value is -0.930. The average Bonchev–Trinajstić information content (AvgIpc) is 2.68. The predicted molar refractivity (Wildman–Crippen MR) is 71.2 cm³/mol. The van der Waals surface area contributed by atoms with Crippen molar-refractivity contribution in [1.29, 1.82) is 0 Å². The van der Waals surface area contributed by atoms with Crippen LogP contribution in [0, 0.1) is 6.92 Å². The molecule has 0 radical (unpaired) electrons. The molecule has 2 rings (SSSR count). The molecular weight excluding hydrogens is 284 g/mol. The highest BCUT2D eigenvalue weighted by Crippen LogP contribution is 2.21. The number of benzene rings is 1. The Kier molecular flexibility index (Phi) is 3.56. The van der Waals surface area contributed by atoms with E-state index in [0.29, 0.717) is 6.42 Å². The topological polar surface area (TPSA) is 17.1 Å². The Morgan fingerprint density at radius 1 is 1.31 bits per heavy atom. The molecule has 0 amide bonds. The molecule has 0 saturated carbocycles. The molecule has 82 valence electrons. The maximum Gasteiger partial charge on any atom is 0.168 e. The maximum absolute atomic E-state index is 11.9. The van der Waals surface area contributed by atoms with Crippen molar-refractivity contribution in [1.82, 2.24) is 0 Å². The maximum atomic E-state index is 11.9. The Labute approximate surface area is 107 Å². The fourth-order valence-electron chi connectivity index (χ4n) is 1.45. The first-order valence-corrected chi connectivity index (χ1v) is 6.65. The summed E-state index contributed by atoms with van der Waals surface area (Å²) in [5, 5.41) is 1.89. The van der Waals surface area contributed by atoms with Gasteiger partial charge in [0.15, 0.2) is 5.78 Å². The second-order valence-corrected chi connectivity index (χ2v) is 6.02. The number of rotatable bonds is 3. The van der Waals surface area contributed by atoms with Crippen molar-refractivity contribution in [2.75, 3.05) is 0 Å². The van der Waals surface area contributed by atoms with Gasteiger partial charge in [-0.2, -0.15) is 0 Å².